The van der Waals surface area contributed by atoms with E-state index in [1.165, 1.54) is 6.33 Å². The first-order valence-electron chi connectivity index (χ1n) is 4.02. The number of halogens is 1. The van der Waals surface area contributed by atoms with Crippen LogP contribution < -0.4 is 5.32 Å². The highest BCUT2D eigenvalue weighted by atomic mass is 35.5. The van der Waals surface area contributed by atoms with E-state index < -0.39 is 0 Å². The first-order chi connectivity index (χ1) is 5.79. The third-order valence-corrected chi connectivity index (χ3v) is 1.94. The lowest BCUT2D eigenvalue weighted by atomic mass is 10.3. The van der Waals surface area contributed by atoms with Crippen LogP contribution in [0.5, 0.6) is 0 Å². The van der Waals surface area contributed by atoms with Gasteiger partial charge in [-0.2, -0.15) is 0 Å². The van der Waals surface area contributed by atoms with E-state index in [1.54, 1.807) is 0 Å². The molecule has 0 fully saturated rings. The summed E-state index contributed by atoms with van der Waals surface area (Å²) < 4.78 is 0. The molecule has 1 heterocycles. The zero-order chi connectivity index (χ0) is 8.97. The minimum absolute atomic E-state index is 0.641. The molecule has 0 radical (unpaired) electrons. The normalized spacial score (nSPS) is 9.92. The van der Waals surface area contributed by atoms with Gasteiger partial charge in [-0.25, -0.2) is 9.97 Å². The molecule has 1 rings (SSSR count). The molecule has 66 valence electrons. The highest BCUT2D eigenvalue weighted by Crippen LogP contribution is 2.21. The van der Waals surface area contributed by atoms with E-state index in [0.717, 1.165) is 24.5 Å². The monoisotopic (exact) mass is 185 g/mol. The van der Waals surface area contributed by atoms with Crippen LogP contribution in [0.4, 0.5) is 5.82 Å². The molecule has 0 aliphatic rings. The maximum atomic E-state index is 6.00. The lowest BCUT2D eigenvalue weighted by molar-refractivity contribution is 0.992. The van der Waals surface area contributed by atoms with Crippen molar-refractivity contribution in [1.82, 2.24) is 9.97 Å². The first-order valence-corrected chi connectivity index (χ1v) is 4.40. The van der Waals surface area contributed by atoms with Gasteiger partial charge in [0.2, 0.25) is 0 Å². The molecule has 12 heavy (non-hydrogen) atoms. The van der Waals surface area contributed by atoms with Crippen molar-refractivity contribution in [1.29, 1.82) is 0 Å². The summed E-state index contributed by atoms with van der Waals surface area (Å²) in [6.45, 7) is 4.84. The molecule has 0 saturated carbocycles. The van der Waals surface area contributed by atoms with Crippen LogP contribution in [0, 0.1) is 0 Å². The fourth-order valence-corrected chi connectivity index (χ4v) is 1.24. The van der Waals surface area contributed by atoms with E-state index in [0.29, 0.717) is 5.02 Å². The van der Waals surface area contributed by atoms with Gasteiger partial charge in [-0.3, -0.25) is 0 Å². The van der Waals surface area contributed by atoms with Gasteiger partial charge in [0.1, 0.15) is 17.2 Å². The number of hydrogen-bond acceptors (Lipinski definition) is 3. The van der Waals surface area contributed by atoms with Crippen LogP contribution in [0.25, 0.3) is 0 Å². The van der Waals surface area contributed by atoms with Crippen LogP contribution in [0.15, 0.2) is 6.33 Å². The fourth-order valence-electron chi connectivity index (χ4n) is 0.943. The molecule has 0 amide bonds. The van der Waals surface area contributed by atoms with Crippen LogP contribution in [-0.4, -0.2) is 16.5 Å². The van der Waals surface area contributed by atoms with Gasteiger partial charge in [-0.1, -0.05) is 18.5 Å². The molecule has 0 aromatic carbocycles. The van der Waals surface area contributed by atoms with Crippen LogP contribution in [-0.2, 0) is 6.42 Å². The van der Waals surface area contributed by atoms with Crippen molar-refractivity contribution in [2.24, 2.45) is 0 Å². The second kappa shape index (κ2) is 4.26. The zero-order valence-corrected chi connectivity index (χ0v) is 8.02. The Morgan fingerprint density at radius 2 is 2.17 bits per heavy atom. The quantitative estimate of drug-likeness (QED) is 0.784. The Bertz CT molecular complexity index is 262. The predicted octanol–water partition coefficient (Wildman–Crippen LogP) is 2.12. The van der Waals surface area contributed by atoms with E-state index in [-0.39, 0.29) is 0 Å². The number of rotatable bonds is 3. The van der Waals surface area contributed by atoms with Gasteiger partial charge in [0.05, 0.1) is 5.69 Å². The number of aromatic nitrogens is 2. The Hall–Kier alpha value is -0.830. The first kappa shape index (κ1) is 9.26. The molecule has 0 saturated heterocycles. The van der Waals surface area contributed by atoms with Gasteiger partial charge in [-0.15, -0.1) is 0 Å². The molecule has 1 aromatic heterocycles. The summed E-state index contributed by atoms with van der Waals surface area (Å²) in [5.74, 6) is 0.728. The highest BCUT2D eigenvalue weighted by Gasteiger charge is 2.05. The molecule has 0 spiro atoms. The Balaban J connectivity index is 2.97. The van der Waals surface area contributed by atoms with Crippen LogP contribution >= 0.6 is 11.6 Å². The smallest absolute Gasteiger partial charge is 0.148 e. The molecule has 4 heteroatoms. The Morgan fingerprint density at radius 1 is 1.42 bits per heavy atom. The second-order valence-electron chi connectivity index (χ2n) is 2.37. The molecule has 0 atom stereocenters. The minimum Gasteiger partial charge on any atom is -0.369 e. The van der Waals surface area contributed by atoms with Gasteiger partial charge in [0.25, 0.3) is 0 Å². The van der Waals surface area contributed by atoms with Gasteiger partial charge >= 0.3 is 0 Å². The van der Waals surface area contributed by atoms with E-state index >= 15 is 0 Å². The summed E-state index contributed by atoms with van der Waals surface area (Å²) in [7, 11) is 0. The standard InChI is InChI=1S/C8H12ClN3/c1-3-6-7(9)8(10-4-2)12-5-11-6/h5H,3-4H2,1-2H3,(H,10,11,12). The molecule has 0 aliphatic heterocycles. The largest absolute Gasteiger partial charge is 0.369 e. The Labute approximate surface area is 77.2 Å². The molecule has 1 N–H and O–H groups in total. The second-order valence-corrected chi connectivity index (χ2v) is 2.74. The summed E-state index contributed by atoms with van der Waals surface area (Å²) in [6.07, 6.45) is 2.36. The zero-order valence-electron chi connectivity index (χ0n) is 7.26. The van der Waals surface area contributed by atoms with E-state index in [4.69, 9.17) is 11.6 Å². The van der Waals surface area contributed by atoms with Crippen molar-refractivity contribution in [2.45, 2.75) is 20.3 Å². The van der Waals surface area contributed by atoms with Crippen molar-refractivity contribution in [3.8, 4) is 0 Å². The number of anilines is 1. The topological polar surface area (TPSA) is 37.8 Å². The van der Waals surface area contributed by atoms with Crippen LogP contribution in [0.2, 0.25) is 5.02 Å². The molecule has 1 aromatic rings. The number of nitrogens with zero attached hydrogens (tertiary/aromatic N) is 2. The maximum Gasteiger partial charge on any atom is 0.148 e. The van der Waals surface area contributed by atoms with Crippen LogP contribution in [0.1, 0.15) is 19.5 Å². The lowest BCUT2D eigenvalue weighted by Crippen LogP contribution is -2.02. The third-order valence-electron chi connectivity index (χ3n) is 1.54. The maximum absolute atomic E-state index is 6.00. The van der Waals surface area contributed by atoms with Crippen molar-refractivity contribution >= 4 is 17.4 Å². The average Bonchev–Trinajstić information content (AvgIpc) is 2.09. The van der Waals surface area contributed by atoms with Crippen molar-refractivity contribution in [3.63, 3.8) is 0 Å². The molecule has 0 bridgehead atoms. The fraction of sp³-hybridized carbons (Fsp3) is 0.500. The van der Waals surface area contributed by atoms with Gasteiger partial charge in [0.15, 0.2) is 0 Å². The molecule has 0 aliphatic carbocycles. The Morgan fingerprint density at radius 3 is 2.75 bits per heavy atom. The molecule has 3 nitrogen and oxygen atoms in total. The van der Waals surface area contributed by atoms with E-state index in [2.05, 4.69) is 15.3 Å². The number of hydrogen-bond donors (Lipinski definition) is 1. The third kappa shape index (κ3) is 1.85. The lowest BCUT2D eigenvalue weighted by Gasteiger charge is -2.06. The molecular formula is C8H12ClN3. The number of nitrogens with one attached hydrogen (secondary N) is 1. The van der Waals surface area contributed by atoms with Crippen molar-refractivity contribution in [2.75, 3.05) is 11.9 Å². The van der Waals surface area contributed by atoms with Crippen molar-refractivity contribution in [3.05, 3.63) is 17.0 Å². The van der Waals surface area contributed by atoms with Crippen LogP contribution in [0.3, 0.4) is 0 Å². The SMILES string of the molecule is CCNc1ncnc(CC)c1Cl. The number of aryl methyl sites for hydroxylation is 1. The van der Waals surface area contributed by atoms with Gasteiger partial charge in [0, 0.05) is 6.54 Å². The van der Waals surface area contributed by atoms with Gasteiger partial charge in [-0.05, 0) is 13.3 Å². The highest BCUT2D eigenvalue weighted by molar-refractivity contribution is 6.33. The average molecular weight is 186 g/mol. The van der Waals surface area contributed by atoms with Gasteiger partial charge < -0.3 is 5.32 Å². The minimum atomic E-state index is 0.641. The summed E-state index contributed by atoms with van der Waals surface area (Å²) in [6, 6.07) is 0. The van der Waals surface area contributed by atoms with Crippen molar-refractivity contribution < 1.29 is 0 Å². The van der Waals surface area contributed by atoms with E-state index in [1.807, 2.05) is 13.8 Å². The summed E-state index contributed by atoms with van der Waals surface area (Å²) in [5.41, 5.74) is 0.891. The summed E-state index contributed by atoms with van der Waals surface area (Å²) in [5, 5.41) is 3.71. The predicted molar refractivity (Wildman–Crippen MR) is 50.6 cm³/mol. The summed E-state index contributed by atoms with van der Waals surface area (Å²) >= 11 is 6.00. The Kier molecular flexibility index (Phi) is 3.29. The van der Waals surface area contributed by atoms with E-state index in [9.17, 15) is 0 Å². The molecule has 0 unspecified atom stereocenters. The molecular weight excluding hydrogens is 174 g/mol. The summed E-state index contributed by atoms with van der Waals surface area (Å²) in [4.78, 5) is 8.08.